The maximum Gasteiger partial charge on any atom is 0.253 e. The number of unbranched alkanes of at least 4 members (excludes halogenated alkanes) is 1. The van der Waals surface area contributed by atoms with E-state index in [2.05, 4.69) is 8.75 Å². The molecule has 16 heavy (non-hydrogen) atoms. The third-order valence-corrected chi connectivity index (χ3v) is 2.87. The van der Waals surface area contributed by atoms with E-state index in [0.29, 0.717) is 6.42 Å². The van der Waals surface area contributed by atoms with E-state index in [1.165, 1.54) is 0 Å². The summed E-state index contributed by atoms with van der Waals surface area (Å²) in [6.45, 7) is 2.74. The number of hydrogen-bond acceptors (Lipinski definition) is 4. The van der Waals surface area contributed by atoms with Gasteiger partial charge in [-0.2, -0.15) is 0 Å². The summed E-state index contributed by atoms with van der Waals surface area (Å²) < 4.78 is 38.6. The number of aryl methyl sites for hydroxylation is 2. The summed E-state index contributed by atoms with van der Waals surface area (Å²) in [7, 11) is -2.58. The lowest BCUT2D eigenvalue weighted by Gasteiger charge is -2.06. The van der Waals surface area contributed by atoms with Crippen LogP contribution in [0.5, 0.6) is 0 Å². The molecular weight excluding hydrogens is 232 g/mol. The predicted molar refractivity (Wildman–Crippen MR) is 55.2 cm³/mol. The van der Waals surface area contributed by atoms with Crippen LogP contribution in [0.1, 0.15) is 18.7 Å². The summed E-state index contributed by atoms with van der Waals surface area (Å²) in [6, 6.07) is 0. The molecule has 92 valence electrons. The molecule has 0 radical (unpaired) electrons. The van der Waals surface area contributed by atoms with Gasteiger partial charge in [0.15, 0.2) is 0 Å². The first-order valence-electron chi connectivity index (χ1n) is 5.02. The molecule has 0 aliphatic rings. The highest BCUT2D eigenvalue weighted by molar-refractivity contribution is 7.80. The second kappa shape index (κ2) is 5.42. The second-order valence-corrected chi connectivity index (χ2v) is 4.64. The molecule has 7 heteroatoms. The Morgan fingerprint density at radius 3 is 2.69 bits per heavy atom. The van der Waals surface area contributed by atoms with Crippen LogP contribution in [0.15, 0.2) is 12.4 Å². The van der Waals surface area contributed by atoms with Crippen molar-refractivity contribution in [2.45, 2.75) is 26.3 Å². The Labute approximate surface area is 95.4 Å². The van der Waals surface area contributed by atoms with Gasteiger partial charge in [0.2, 0.25) is 10.4 Å². The van der Waals surface area contributed by atoms with Crippen LogP contribution in [0.2, 0.25) is 0 Å². The summed E-state index contributed by atoms with van der Waals surface area (Å²) in [4.78, 5) is 0. The molecule has 1 aromatic rings. The van der Waals surface area contributed by atoms with Gasteiger partial charge in [-0.25, -0.2) is 17.6 Å². The van der Waals surface area contributed by atoms with Gasteiger partial charge in [0, 0.05) is 6.92 Å². The normalized spacial score (nSPS) is 11.9. The minimum atomic E-state index is -4.53. The van der Waals surface area contributed by atoms with E-state index in [1.54, 1.807) is 0 Å². The van der Waals surface area contributed by atoms with Gasteiger partial charge in [0.05, 0.1) is 20.2 Å². The zero-order valence-electron chi connectivity index (χ0n) is 9.42. The van der Waals surface area contributed by atoms with Gasteiger partial charge in [-0.05, 0) is 12.8 Å². The Hall–Kier alpha value is -0.920. The number of hydrogen-bond donors (Lipinski definition) is 0. The van der Waals surface area contributed by atoms with E-state index in [0.717, 1.165) is 18.8 Å². The average molecular weight is 248 g/mol. The van der Waals surface area contributed by atoms with Crippen molar-refractivity contribution in [3.05, 3.63) is 18.2 Å². The van der Waals surface area contributed by atoms with Gasteiger partial charge in [-0.3, -0.25) is 4.18 Å². The van der Waals surface area contributed by atoms with Crippen LogP contribution >= 0.6 is 0 Å². The van der Waals surface area contributed by atoms with Crippen LogP contribution in [-0.2, 0) is 28.2 Å². The molecule has 0 amide bonds. The van der Waals surface area contributed by atoms with Gasteiger partial charge >= 0.3 is 0 Å². The fraction of sp³-hybridized carbons (Fsp3) is 0.667. The van der Waals surface area contributed by atoms with Crippen LogP contribution in [0.25, 0.3) is 0 Å². The third-order valence-electron chi connectivity index (χ3n) is 2.42. The van der Waals surface area contributed by atoms with E-state index in [1.807, 2.05) is 30.9 Å². The van der Waals surface area contributed by atoms with Crippen LogP contribution in [0.3, 0.4) is 0 Å². The van der Waals surface area contributed by atoms with Crippen molar-refractivity contribution in [1.82, 2.24) is 4.57 Å². The summed E-state index contributed by atoms with van der Waals surface area (Å²) in [6.07, 6.45) is 5.22. The van der Waals surface area contributed by atoms with Crippen LogP contribution in [0.4, 0.5) is 0 Å². The molecule has 0 fully saturated rings. The largest absolute Gasteiger partial charge is 0.726 e. The van der Waals surface area contributed by atoms with E-state index >= 15 is 0 Å². The first-order chi connectivity index (χ1) is 7.40. The zero-order chi connectivity index (χ0) is 12.2. The van der Waals surface area contributed by atoms with Crippen molar-refractivity contribution >= 4 is 10.4 Å². The fourth-order valence-electron chi connectivity index (χ4n) is 1.38. The van der Waals surface area contributed by atoms with E-state index in [9.17, 15) is 13.0 Å². The monoisotopic (exact) mass is 248 g/mol. The second-order valence-electron chi connectivity index (χ2n) is 3.59. The molecule has 6 nitrogen and oxygen atoms in total. The van der Waals surface area contributed by atoms with Crippen molar-refractivity contribution in [1.29, 1.82) is 0 Å². The van der Waals surface area contributed by atoms with Crippen molar-refractivity contribution in [2.75, 3.05) is 6.61 Å². The van der Waals surface area contributed by atoms with Crippen molar-refractivity contribution in [2.24, 2.45) is 7.05 Å². The molecule has 1 aromatic heterocycles. The zero-order valence-corrected chi connectivity index (χ0v) is 10.2. The molecule has 1 heterocycles. The summed E-state index contributed by atoms with van der Waals surface area (Å²) in [5, 5.41) is 0. The molecule has 0 atom stereocenters. The minimum Gasteiger partial charge on any atom is -0.726 e. The van der Waals surface area contributed by atoms with Gasteiger partial charge in [0.1, 0.15) is 12.4 Å². The molecule has 0 aromatic carbocycles. The fourth-order valence-corrected chi connectivity index (χ4v) is 1.70. The van der Waals surface area contributed by atoms with Gasteiger partial charge in [-0.15, -0.1) is 0 Å². The molecule has 0 spiro atoms. The number of imidazole rings is 1. The smallest absolute Gasteiger partial charge is 0.253 e. The molecular formula is C9H16N2O4S. The van der Waals surface area contributed by atoms with Crippen LogP contribution in [0, 0.1) is 6.92 Å². The number of nitrogens with zero attached hydrogens (tertiary/aromatic N) is 2. The highest BCUT2D eigenvalue weighted by Gasteiger charge is 2.07. The average Bonchev–Trinajstić information content (AvgIpc) is 2.47. The Kier molecular flexibility index (Phi) is 4.45. The highest BCUT2D eigenvalue weighted by atomic mass is 32.3. The Bertz CT molecular complexity index is 438. The summed E-state index contributed by atoms with van der Waals surface area (Å²) in [5.41, 5.74) is 0. The molecule has 0 aliphatic heterocycles. The standard InChI is InChI=1S/C9H16N2O4S/c1-9-10(2)6-7-11(9)5-3-4-8-15-16(12,13)14/h6-7H,3-5,8H2,1-2H3. The summed E-state index contributed by atoms with van der Waals surface area (Å²) in [5.74, 6) is 1.12. The van der Waals surface area contributed by atoms with Gasteiger partial charge in [-0.1, -0.05) is 0 Å². The van der Waals surface area contributed by atoms with E-state index in [4.69, 9.17) is 0 Å². The van der Waals surface area contributed by atoms with E-state index < -0.39 is 10.4 Å². The highest BCUT2D eigenvalue weighted by Crippen LogP contribution is 1.99. The molecule has 0 saturated heterocycles. The maximum absolute atomic E-state index is 10.1. The van der Waals surface area contributed by atoms with Crippen LogP contribution in [-0.4, -0.2) is 24.1 Å². The Balaban J connectivity index is 2.24. The quantitative estimate of drug-likeness (QED) is 0.304. The topological polar surface area (TPSA) is 75.2 Å². The SMILES string of the molecule is Cc1n(CCCCOS(=O)(=O)[O-])cc[n+]1C. The molecule has 0 N–H and O–H groups in total. The van der Waals surface area contributed by atoms with Crippen molar-refractivity contribution in [3.63, 3.8) is 0 Å². The molecule has 1 rings (SSSR count). The first kappa shape index (κ1) is 13.1. The molecule has 0 bridgehead atoms. The summed E-state index contributed by atoms with van der Waals surface area (Å²) >= 11 is 0. The van der Waals surface area contributed by atoms with Crippen molar-refractivity contribution < 1.29 is 21.7 Å². The maximum atomic E-state index is 10.1. The van der Waals surface area contributed by atoms with Gasteiger partial charge < -0.3 is 4.55 Å². The van der Waals surface area contributed by atoms with Gasteiger partial charge in [0.25, 0.3) is 5.82 Å². The third kappa shape index (κ3) is 4.30. The Morgan fingerprint density at radius 1 is 1.50 bits per heavy atom. The lowest BCUT2D eigenvalue weighted by Crippen LogP contribution is -2.29. The minimum absolute atomic E-state index is 0.0434. The predicted octanol–water partition coefficient (Wildman–Crippen LogP) is -0.122. The number of aromatic nitrogens is 2. The van der Waals surface area contributed by atoms with E-state index in [-0.39, 0.29) is 6.61 Å². The lowest BCUT2D eigenvalue weighted by atomic mass is 10.3. The lowest BCUT2D eigenvalue weighted by molar-refractivity contribution is -0.677. The molecule has 0 aliphatic carbocycles. The molecule has 0 saturated carbocycles. The first-order valence-corrected chi connectivity index (χ1v) is 6.35. The van der Waals surface area contributed by atoms with Crippen molar-refractivity contribution in [3.8, 4) is 0 Å². The number of rotatable bonds is 6. The Morgan fingerprint density at radius 2 is 2.19 bits per heavy atom. The van der Waals surface area contributed by atoms with Crippen LogP contribution < -0.4 is 4.57 Å². The molecule has 0 unspecified atom stereocenters.